The summed E-state index contributed by atoms with van der Waals surface area (Å²) in [6.07, 6.45) is -5.38. The largest absolute Gasteiger partial charge is 0.423 e. The first-order chi connectivity index (χ1) is 15.9. The summed E-state index contributed by atoms with van der Waals surface area (Å²) in [7, 11) is 0. The van der Waals surface area contributed by atoms with Crippen LogP contribution < -0.4 is 10.1 Å². The number of benzene rings is 2. The summed E-state index contributed by atoms with van der Waals surface area (Å²) in [5.74, 6) is 0.0542. The average Bonchev–Trinajstić information content (AvgIpc) is 3.52. The van der Waals surface area contributed by atoms with Gasteiger partial charge in [-0.05, 0) is 46.8 Å². The molecule has 0 radical (unpaired) electrons. The van der Waals surface area contributed by atoms with Gasteiger partial charge in [0.05, 0.1) is 24.8 Å². The van der Waals surface area contributed by atoms with Gasteiger partial charge in [-0.2, -0.15) is 17.9 Å². The molecule has 1 aromatic heterocycles. The molecule has 5 rings (SSSR count). The maximum Gasteiger partial charge on any atom is 0.416 e. The fourth-order valence-electron chi connectivity index (χ4n) is 3.93. The number of alkyl halides is 3. The van der Waals surface area contributed by atoms with E-state index in [2.05, 4.69) is 20.8 Å². The van der Waals surface area contributed by atoms with Gasteiger partial charge in [0.15, 0.2) is 0 Å². The number of halogens is 3. The predicted octanol–water partition coefficient (Wildman–Crippen LogP) is 2.62. The smallest absolute Gasteiger partial charge is 0.416 e. The molecule has 4 atom stereocenters. The monoisotopic (exact) mass is 461 g/mol. The molecule has 9 nitrogen and oxygen atoms in total. The topological polar surface area (TPSA) is 100 Å². The van der Waals surface area contributed by atoms with Gasteiger partial charge in [0.2, 0.25) is 0 Å². The molecular formula is C21H18F3N5O4. The Morgan fingerprint density at radius 2 is 1.76 bits per heavy atom. The highest BCUT2D eigenvalue weighted by molar-refractivity contribution is 5.94. The van der Waals surface area contributed by atoms with E-state index < -0.39 is 35.9 Å². The minimum absolute atomic E-state index is 0.111. The quantitative estimate of drug-likeness (QED) is 0.624. The molecule has 3 heterocycles. The predicted molar refractivity (Wildman–Crippen MR) is 106 cm³/mol. The van der Waals surface area contributed by atoms with Gasteiger partial charge in [0.25, 0.3) is 5.91 Å². The molecule has 12 heteroatoms. The van der Waals surface area contributed by atoms with E-state index in [1.54, 1.807) is 12.1 Å². The van der Waals surface area contributed by atoms with E-state index in [9.17, 15) is 18.0 Å². The van der Waals surface area contributed by atoms with Crippen molar-refractivity contribution in [2.75, 3.05) is 13.2 Å². The number of hydrogen-bond acceptors (Lipinski definition) is 7. The molecule has 1 amide bonds. The standard InChI is InChI=1S/C21H18F3N5O4/c22-21(23,24)13-8-6-12(7-9-13)19(30)25-15-10-31-18-16(11-32-17(15)18)29-20(26-27-28-29)33-14-4-2-1-3-5-14/h1-9,15-18H,10-11H2,(H,25,30)/t15-,16+,17-,18+/m0/s1. The van der Waals surface area contributed by atoms with Crippen LogP contribution in [0.25, 0.3) is 0 Å². The van der Waals surface area contributed by atoms with E-state index in [1.165, 1.54) is 4.68 Å². The van der Waals surface area contributed by atoms with Crippen molar-refractivity contribution < 1.29 is 32.2 Å². The number of hydrogen-bond donors (Lipinski definition) is 1. The van der Waals surface area contributed by atoms with Crippen molar-refractivity contribution in [1.82, 2.24) is 25.5 Å². The Hall–Kier alpha value is -3.51. The zero-order valence-corrected chi connectivity index (χ0v) is 17.0. The molecule has 0 saturated carbocycles. The van der Waals surface area contributed by atoms with Gasteiger partial charge >= 0.3 is 12.2 Å². The highest BCUT2D eigenvalue weighted by Crippen LogP contribution is 2.36. The fourth-order valence-corrected chi connectivity index (χ4v) is 3.93. The van der Waals surface area contributed by atoms with E-state index in [0.717, 1.165) is 24.3 Å². The summed E-state index contributed by atoms with van der Waals surface area (Å²) in [5, 5.41) is 14.4. The van der Waals surface area contributed by atoms with Crippen LogP contribution in [0.15, 0.2) is 54.6 Å². The lowest BCUT2D eigenvalue weighted by molar-refractivity contribution is -0.137. The zero-order valence-electron chi connectivity index (χ0n) is 17.0. The Bertz CT molecular complexity index is 1120. The average molecular weight is 461 g/mol. The summed E-state index contributed by atoms with van der Waals surface area (Å²) >= 11 is 0. The van der Waals surface area contributed by atoms with Gasteiger partial charge in [-0.1, -0.05) is 23.3 Å². The number of ether oxygens (including phenoxy) is 3. The Labute approximate surface area is 185 Å². The zero-order chi connectivity index (χ0) is 23.0. The number of rotatable bonds is 5. The van der Waals surface area contributed by atoms with Crippen LogP contribution in [0.2, 0.25) is 0 Å². The molecule has 2 aliphatic rings. The molecule has 1 N–H and O–H groups in total. The maximum absolute atomic E-state index is 12.7. The molecule has 0 aliphatic carbocycles. The lowest BCUT2D eigenvalue weighted by Crippen LogP contribution is -2.44. The Morgan fingerprint density at radius 3 is 2.48 bits per heavy atom. The van der Waals surface area contributed by atoms with Crippen molar-refractivity contribution in [1.29, 1.82) is 0 Å². The molecule has 172 valence electrons. The number of amides is 1. The third kappa shape index (κ3) is 4.26. The molecule has 0 unspecified atom stereocenters. The molecule has 2 fully saturated rings. The molecule has 2 saturated heterocycles. The highest BCUT2D eigenvalue weighted by Gasteiger charge is 2.50. The van der Waals surface area contributed by atoms with Crippen molar-refractivity contribution in [3.8, 4) is 11.8 Å². The fraction of sp³-hybridized carbons (Fsp3) is 0.333. The van der Waals surface area contributed by atoms with Gasteiger partial charge in [0.1, 0.15) is 24.0 Å². The lowest BCUT2D eigenvalue weighted by atomic mass is 10.1. The van der Waals surface area contributed by atoms with Crippen LogP contribution in [0.1, 0.15) is 22.0 Å². The van der Waals surface area contributed by atoms with Crippen LogP contribution >= 0.6 is 0 Å². The Morgan fingerprint density at radius 1 is 1.03 bits per heavy atom. The first-order valence-corrected chi connectivity index (χ1v) is 10.1. The maximum atomic E-state index is 12.7. The van der Waals surface area contributed by atoms with Crippen LogP contribution in [0, 0.1) is 0 Å². The van der Waals surface area contributed by atoms with Gasteiger partial charge < -0.3 is 19.5 Å². The number of para-hydroxylation sites is 1. The van der Waals surface area contributed by atoms with Crippen molar-refractivity contribution in [2.24, 2.45) is 0 Å². The number of aromatic nitrogens is 4. The summed E-state index contributed by atoms with van der Waals surface area (Å²) in [6.45, 7) is 0.410. The van der Waals surface area contributed by atoms with E-state index in [4.69, 9.17) is 14.2 Å². The third-order valence-electron chi connectivity index (χ3n) is 5.55. The molecule has 3 aromatic rings. The number of nitrogens with one attached hydrogen (secondary N) is 1. The summed E-state index contributed by atoms with van der Waals surface area (Å²) in [4.78, 5) is 12.6. The van der Waals surface area contributed by atoms with E-state index in [1.807, 2.05) is 18.2 Å². The lowest BCUT2D eigenvalue weighted by Gasteiger charge is -2.18. The number of nitrogens with zero attached hydrogens (tertiary/aromatic N) is 4. The molecule has 33 heavy (non-hydrogen) atoms. The summed E-state index contributed by atoms with van der Waals surface area (Å²) in [5.41, 5.74) is -0.708. The number of carbonyl (C=O) groups excluding carboxylic acids is 1. The van der Waals surface area contributed by atoms with Gasteiger partial charge in [0, 0.05) is 5.56 Å². The number of tetrazole rings is 1. The van der Waals surface area contributed by atoms with Crippen molar-refractivity contribution in [3.63, 3.8) is 0 Å². The third-order valence-corrected chi connectivity index (χ3v) is 5.55. The van der Waals surface area contributed by atoms with E-state index in [0.29, 0.717) is 5.75 Å². The Balaban J connectivity index is 1.25. The number of carbonyl (C=O) groups is 1. The van der Waals surface area contributed by atoms with Crippen LogP contribution in [0.4, 0.5) is 13.2 Å². The van der Waals surface area contributed by atoms with Crippen LogP contribution in [0.3, 0.4) is 0 Å². The van der Waals surface area contributed by atoms with Crippen LogP contribution in [-0.2, 0) is 15.7 Å². The van der Waals surface area contributed by atoms with Gasteiger partial charge in [-0.3, -0.25) is 4.79 Å². The molecule has 2 aromatic carbocycles. The van der Waals surface area contributed by atoms with E-state index in [-0.39, 0.29) is 30.8 Å². The van der Waals surface area contributed by atoms with Crippen LogP contribution in [0.5, 0.6) is 11.8 Å². The molecule has 0 bridgehead atoms. The van der Waals surface area contributed by atoms with Gasteiger partial charge in [-0.25, -0.2) is 0 Å². The summed E-state index contributed by atoms with van der Waals surface area (Å²) < 4.78 is 57.2. The normalized spacial score (nSPS) is 24.5. The van der Waals surface area contributed by atoms with Crippen molar-refractivity contribution in [2.45, 2.75) is 30.5 Å². The second-order valence-corrected chi connectivity index (χ2v) is 7.64. The van der Waals surface area contributed by atoms with E-state index >= 15 is 0 Å². The molecule has 0 spiro atoms. The second-order valence-electron chi connectivity index (χ2n) is 7.64. The molecule has 2 aliphatic heterocycles. The van der Waals surface area contributed by atoms with Crippen molar-refractivity contribution in [3.05, 3.63) is 65.7 Å². The molecular weight excluding hydrogens is 443 g/mol. The SMILES string of the molecule is O=C(N[C@H]1CO[C@H]2[C@H]1OC[C@H]2n1nnnc1Oc1ccccc1)c1ccc(C(F)(F)F)cc1. The number of fused-ring (bicyclic) bond motifs is 1. The Kier molecular flexibility index (Phi) is 5.46. The summed E-state index contributed by atoms with van der Waals surface area (Å²) in [6, 6.07) is 12.4. The minimum Gasteiger partial charge on any atom is -0.423 e. The first-order valence-electron chi connectivity index (χ1n) is 10.1. The highest BCUT2D eigenvalue weighted by atomic mass is 19.4. The second kappa shape index (κ2) is 8.45. The van der Waals surface area contributed by atoms with Crippen molar-refractivity contribution >= 4 is 5.91 Å². The minimum atomic E-state index is -4.46. The first kappa shape index (κ1) is 21.3. The van der Waals surface area contributed by atoms with Crippen LogP contribution in [-0.4, -0.2) is 57.6 Å². The van der Waals surface area contributed by atoms with Gasteiger partial charge in [-0.15, -0.1) is 0 Å².